The van der Waals surface area contributed by atoms with Crippen LogP contribution < -0.4 is 55.5 Å². The predicted octanol–water partition coefficient (Wildman–Crippen LogP) is -4.65. The summed E-state index contributed by atoms with van der Waals surface area (Å²) in [5.74, 6) is 0. The molecule has 0 saturated carbocycles. The molecule has 6 heteroatoms. The van der Waals surface area contributed by atoms with Crippen molar-refractivity contribution in [3.05, 3.63) is 0 Å². The van der Waals surface area contributed by atoms with Crippen LogP contribution in [0.5, 0.6) is 0 Å². The van der Waals surface area contributed by atoms with Gasteiger partial charge in [-0.05, 0) is 0 Å². The Morgan fingerprint density at radius 3 is 1.62 bits per heavy atom. The van der Waals surface area contributed by atoms with Crippen molar-refractivity contribution in [3.63, 3.8) is 0 Å². The Labute approximate surface area is 91.5 Å². The van der Waals surface area contributed by atoms with E-state index in [1.54, 1.807) is 0 Å². The number of rotatable bonds is 0. The van der Waals surface area contributed by atoms with Crippen molar-refractivity contribution < 1.29 is 59.2 Å². The molecule has 4 nitrogen and oxygen atoms in total. The van der Waals surface area contributed by atoms with E-state index in [-0.39, 0.29) is 51.4 Å². The van der Waals surface area contributed by atoms with Crippen LogP contribution in [0.4, 0.5) is 0 Å². The molecule has 0 N–H and O–H groups in total. The van der Waals surface area contributed by atoms with Crippen molar-refractivity contribution in [1.82, 2.24) is 0 Å². The minimum Gasteiger partial charge on any atom is 1.00 e. The first-order valence-electron chi connectivity index (χ1n) is 1.26. The van der Waals surface area contributed by atoms with Crippen LogP contribution in [0.25, 0.3) is 0 Å². The summed E-state index contributed by atoms with van der Waals surface area (Å²) in [4.78, 5) is 1.78. The van der Waals surface area contributed by atoms with Crippen LogP contribution in [0.1, 0.15) is 0 Å². The second-order valence-electron chi connectivity index (χ2n) is 0.751. The Morgan fingerprint density at radius 2 is 1.62 bits per heavy atom. The van der Waals surface area contributed by atoms with Crippen molar-refractivity contribution in [2.24, 2.45) is 0 Å². The van der Waals surface area contributed by atoms with E-state index in [9.17, 15) is 7.84 Å². The van der Waals surface area contributed by atoms with Gasteiger partial charge in [-0.1, -0.05) is 0 Å². The third kappa shape index (κ3) is 5.08. The molecule has 0 aromatic rings. The molecule has 0 aliphatic rings. The maximum absolute atomic E-state index is 9.73. The van der Waals surface area contributed by atoms with Gasteiger partial charge in [0.05, 0.1) is 0 Å². The van der Waals surface area contributed by atoms with Gasteiger partial charge in [0.1, 0.15) is 0 Å². The summed E-state index contributed by atoms with van der Waals surface area (Å²) in [6.45, 7) is 0. The van der Waals surface area contributed by atoms with Crippen molar-refractivity contribution >= 4 is 13.8 Å². The molecule has 0 amide bonds. The molecule has 0 unspecified atom stereocenters. The number of nitrogens with zero attached hydrogens (tertiary/aromatic N) is 2. The normalized spacial score (nSPS) is 7.88. The van der Waals surface area contributed by atoms with E-state index in [4.69, 9.17) is 10.5 Å². The second-order valence-corrected chi connectivity index (χ2v) is 3.90. The molecule has 0 heterocycles. The maximum Gasteiger partial charge on any atom is 1.00 e. The molecule has 0 radical (unpaired) electrons. The van der Waals surface area contributed by atoms with Crippen LogP contribution >= 0.6 is 0 Å². The fourth-order valence-corrected chi connectivity index (χ4v) is 0.116. The molecule has 0 rings (SSSR count). The summed E-state index contributed by atoms with van der Waals surface area (Å²) in [7, 11) is 0. The second kappa shape index (κ2) is 4.78. The van der Waals surface area contributed by atoms with Crippen LogP contribution in [0.15, 0.2) is 0 Å². The SMILES string of the molecule is N#C[As](=O)([O-])C#N.[K+]. The van der Waals surface area contributed by atoms with Gasteiger partial charge in [-0.3, -0.25) is 0 Å². The van der Waals surface area contributed by atoms with Gasteiger partial charge >= 0.3 is 93.3 Å². The maximum atomic E-state index is 9.73. The van der Waals surface area contributed by atoms with Crippen LogP contribution in [0.3, 0.4) is 0 Å². The topological polar surface area (TPSA) is 87.7 Å². The molecular weight excluding hydrogens is 198 g/mol. The Hall–Kier alpha value is 0.935. The zero-order valence-electron chi connectivity index (χ0n) is 4.16. The monoisotopic (exact) mass is 198 g/mol. The Bertz CT molecular complexity index is 171. The van der Waals surface area contributed by atoms with Crippen LogP contribution in [-0.4, -0.2) is 13.8 Å². The molecule has 0 fully saturated rings. The van der Waals surface area contributed by atoms with E-state index >= 15 is 0 Å². The molecule has 0 saturated heterocycles. The number of hydrogen-bond acceptors (Lipinski definition) is 4. The first-order chi connectivity index (χ1) is 3.12. The molecule has 0 aliphatic heterocycles. The van der Waals surface area contributed by atoms with Crippen LogP contribution in [-0.2, 0) is 3.74 Å². The average Bonchev–Trinajstić information content (AvgIpc) is 1.68. The summed E-state index contributed by atoms with van der Waals surface area (Å²) in [6.07, 6.45) is 0. The third-order valence-corrected chi connectivity index (χ3v) is 1.37. The number of nitriles is 2. The van der Waals surface area contributed by atoms with Crippen LogP contribution in [0, 0.1) is 20.2 Å². The Kier molecular flexibility index (Phi) is 6.99. The molecular formula is C2AsKN2O2. The molecule has 36 valence electrons. The van der Waals surface area contributed by atoms with Gasteiger partial charge in [0, 0.05) is 0 Å². The largest absolute Gasteiger partial charge is 1.00 e. The summed E-state index contributed by atoms with van der Waals surface area (Å²) < 4.78 is 19.5. The smallest absolute Gasteiger partial charge is 1.00 e. The van der Waals surface area contributed by atoms with E-state index in [2.05, 4.69) is 0 Å². The van der Waals surface area contributed by atoms with Crippen molar-refractivity contribution in [2.75, 3.05) is 0 Å². The molecule has 0 aliphatic carbocycles. The van der Waals surface area contributed by atoms with Gasteiger partial charge in [0.15, 0.2) is 0 Å². The van der Waals surface area contributed by atoms with Gasteiger partial charge < -0.3 is 0 Å². The molecule has 0 aromatic carbocycles. The Balaban J connectivity index is 0. The fourth-order valence-electron chi connectivity index (χ4n) is 0.0224. The van der Waals surface area contributed by atoms with E-state index in [1.165, 1.54) is 0 Å². The van der Waals surface area contributed by atoms with E-state index in [0.29, 0.717) is 0 Å². The number of hydrogen-bond donors (Lipinski definition) is 0. The molecule has 0 spiro atoms. The quantitative estimate of drug-likeness (QED) is 0.366. The van der Waals surface area contributed by atoms with Gasteiger partial charge in [-0.2, -0.15) is 0 Å². The predicted molar refractivity (Wildman–Crippen MR) is 17.7 cm³/mol. The summed E-state index contributed by atoms with van der Waals surface area (Å²) in [5, 5.41) is 15.1. The van der Waals surface area contributed by atoms with Gasteiger partial charge in [0.25, 0.3) is 0 Å². The third-order valence-electron chi connectivity index (χ3n) is 0.263. The minimum absolute atomic E-state index is 0. The first kappa shape index (κ1) is 11.7. The van der Waals surface area contributed by atoms with Gasteiger partial charge in [-0.15, -0.1) is 0 Å². The van der Waals surface area contributed by atoms with Gasteiger partial charge in [0.2, 0.25) is 0 Å². The average molecular weight is 198 g/mol. The van der Waals surface area contributed by atoms with Crippen molar-refractivity contribution in [3.8, 4) is 9.71 Å². The van der Waals surface area contributed by atoms with E-state index < -0.39 is 13.8 Å². The van der Waals surface area contributed by atoms with Crippen molar-refractivity contribution in [2.45, 2.75) is 0 Å². The zero-order chi connectivity index (χ0) is 5.91. The fraction of sp³-hybridized carbons (Fsp3) is 0. The van der Waals surface area contributed by atoms with Gasteiger partial charge in [-0.25, -0.2) is 0 Å². The van der Waals surface area contributed by atoms with Crippen molar-refractivity contribution in [1.29, 1.82) is 10.5 Å². The van der Waals surface area contributed by atoms with Crippen LogP contribution in [0.2, 0.25) is 0 Å². The molecule has 0 atom stereocenters. The molecule has 8 heavy (non-hydrogen) atoms. The Morgan fingerprint density at radius 1 is 1.38 bits per heavy atom. The standard InChI is InChI=1S/C2HAsN2O2.K/c4-1-3(6,7)2-5;/h(H,6,7);/q;+1/p-1. The molecule has 0 aromatic heterocycles. The first-order valence-corrected chi connectivity index (χ1v) is 4.67. The minimum atomic E-state index is -4.83. The zero-order valence-corrected chi connectivity index (χ0v) is 9.16. The summed E-state index contributed by atoms with van der Waals surface area (Å²) >= 11 is -4.83. The van der Waals surface area contributed by atoms with E-state index in [1.807, 2.05) is 0 Å². The van der Waals surface area contributed by atoms with E-state index in [0.717, 1.165) is 9.71 Å². The summed E-state index contributed by atoms with van der Waals surface area (Å²) in [5.41, 5.74) is 0. The molecule has 0 bridgehead atoms. The summed E-state index contributed by atoms with van der Waals surface area (Å²) in [6, 6.07) is 0.